The molecule has 0 saturated carbocycles. The van der Waals surface area contributed by atoms with Gasteiger partial charge in [-0.15, -0.1) is 0 Å². The monoisotopic (exact) mass is 234 g/mol. The molecule has 1 aromatic carbocycles. The van der Waals surface area contributed by atoms with E-state index in [9.17, 15) is 0 Å². The summed E-state index contributed by atoms with van der Waals surface area (Å²) in [5, 5.41) is 3.28. The lowest BCUT2D eigenvalue weighted by atomic mass is 10.2. The van der Waals surface area contributed by atoms with Crippen molar-refractivity contribution in [3.8, 4) is 0 Å². The summed E-state index contributed by atoms with van der Waals surface area (Å²) in [7, 11) is 0. The van der Waals surface area contributed by atoms with Crippen LogP contribution in [0.15, 0.2) is 24.3 Å². The first kappa shape index (κ1) is 10.8. The minimum atomic E-state index is 0.197. The summed E-state index contributed by atoms with van der Waals surface area (Å²) in [5.41, 5.74) is 2.10. The zero-order valence-corrected chi connectivity index (χ0v) is 9.78. The van der Waals surface area contributed by atoms with Gasteiger partial charge in [0.05, 0.1) is 0 Å². The van der Waals surface area contributed by atoms with Crippen LogP contribution in [0.4, 0.5) is 11.6 Å². The lowest BCUT2D eigenvalue weighted by Gasteiger charge is -2.05. The molecule has 1 heterocycles. The van der Waals surface area contributed by atoms with Crippen molar-refractivity contribution in [1.82, 2.24) is 15.0 Å². The summed E-state index contributed by atoms with van der Waals surface area (Å²) in [6, 6.07) is 7.94. The molecule has 0 atom stereocenters. The van der Waals surface area contributed by atoms with E-state index in [0.717, 1.165) is 5.69 Å². The van der Waals surface area contributed by atoms with Gasteiger partial charge >= 0.3 is 0 Å². The summed E-state index contributed by atoms with van der Waals surface area (Å²) in [6.07, 6.45) is 0. The van der Waals surface area contributed by atoms with Gasteiger partial charge in [0, 0.05) is 5.69 Å². The molecule has 4 nitrogen and oxygen atoms in total. The SMILES string of the molecule is Cc1cccc(Nc2nc(C)nc(Cl)n2)c1. The minimum absolute atomic E-state index is 0.197. The van der Waals surface area contributed by atoms with Crippen molar-refractivity contribution in [3.63, 3.8) is 0 Å². The van der Waals surface area contributed by atoms with Gasteiger partial charge in [-0.1, -0.05) is 12.1 Å². The molecule has 0 fully saturated rings. The molecule has 0 aliphatic carbocycles. The molecule has 1 N–H and O–H groups in total. The molecule has 5 heteroatoms. The van der Waals surface area contributed by atoms with Crippen molar-refractivity contribution in [2.75, 3.05) is 5.32 Å². The summed E-state index contributed by atoms with van der Waals surface area (Å²) in [4.78, 5) is 12.0. The molecule has 16 heavy (non-hydrogen) atoms. The Labute approximate surface area is 98.7 Å². The molecular weight excluding hydrogens is 224 g/mol. The third-order valence-corrected chi connectivity index (χ3v) is 2.16. The van der Waals surface area contributed by atoms with E-state index in [1.807, 2.05) is 31.2 Å². The third kappa shape index (κ3) is 2.67. The summed E-state index contributed by atoms with van der Waals surface area (Å²) in [6.45, 7) is 3.80. The van der Waals surface area contributed by atoms with Crippen LogP contribution >= 0.6 is 11.6 Å². The number of halogens is 1. The topological polar surface area (TPSA) is 50.7 Å². The number of nitrogens with zero attached hydrogens (tertiary/aromatic N) is 3. The minimum Gasteiger partial charge on any atom is -0.324 e. The summed E-state index contributed by atoms with van der Waals surface area (Å²) >= 11 is 5.75. The molecule has 2 aromatic rings. The van der Waals surface area contributed by atoms with Gasteiger partial charge in [0.25, 0.3) is 0 Å². The van der Waals surface area contributed by atoms with Crippen molar-refractivity contribution < 1.29 is 0 Å². The second-order valence-corrected chi connectivity index (χ2v) is 3.81. The second kappa shape index (κ2) is 4.45. The van der Waals surface area contributed by atoms with Gasteiger partial charge in [-0.05, 0) is 43.1 Å². The van der Waals surface area contributed by atoms with E-state index in [1.54, 1.807) is 6.92 Å². The highest BCUT2D eigenvalue weighted by atomic mass is 35.5. The molecule has 82 valence electrons. The number of benzene rings is 1. The Bertz CT molecular complexity index is 493. The molecule has 0 aliphatic rings. The Kier molecular flexibility index (Phi) is 3.01. The Morgan fingerprint density at radius 2 is 1.94 bits per heavy atom. The average Bonchev–Trinajstić information content (AvgIpc) is 2.15. The van der Waals surface area contributed by atoms with E-state index >= 15 is 0 Å². The Balaban J connectivity index is 2.27. The number of hydrogen-bond acceptors (Lipinski definition) is 4. The number of aryl methyl sites for hydroxylation is 2. The van der Waals surface area contributed by atoms with Gasteiger partial charge in [0.2, 0.25) is 11.2 Å². The number of aromatic nitrogens is 3. The van der Waals surface area contributed by atoms with E-state index in [2.05, 4.69) is 20.3 Å². The first-order valence-corrected chi connectivity index (χ1v) is 5.23. The van der Waals surface area contributed by atoms with Crippen LogP contribution in [0, 0.1) is 13.8 Å². The van der Waals surface area contributed by atoms with E-state index < -0.39 is 0 Å². The average molecular weight is 235 g/mol. The smallest absolute Gasteiger partial charge is 0.231 e. The molecule has 2 rings (SSSR count). The van der Waals surface area contributed by atoms with Crippen LogP contribution < -0.4 is 5.32 Å². The Morgan fingerprint density at radius 1 is 1.12 bits per heavy atom. The summed E-state index contributed by atoms with van der Waals surface area (Å²) in [5.74, 6) is 1.05. The lowest BCUT2D eigenvalue weighted by molar-refractivity contribution is 0.982. The van der Waals surface area contributed by atoms with Crippen LogP contribution in [0.2, 0.25) is 5.28 Å². The molecule has 0 bridgehead atoms. The molecular formula is C11H11ClN4. The second-order valence-electron chi connectivity index (χ2n) is 3.47. The quantitative estimate of drug-likeness (QED) is 0.868. The Morgan fingerprint density at radius 3 is 2.62 bits per heavy atom. The van der Waals surface area contributed by atoms with Crippen molar-refractivity contribution >= 4 is 23.2 Å². The van der Waals surface area contributed by atoms with Crippen molar-refractivity contribution in [3.05, 3.63) is 40.9 Å². The van der Waals surface area contributed by atoms with Gasteiger partial charge in [0.15, 0.2) is 0 Å². The molecule has 0 spiro atoms. The van der Waals surface area contributed by atoms with E-state index in [0.29, 0.717) is 11.8 Å². The number of nitrogens with one attached hydrogen (secondary N) is 1. The fourth-order valence-electron chi connectivity index (χ4n) is 1.36. The van der Waals surface area contributed by atoms with E-state index in [1.165, 1.54) is 5.56 Å². The summed E-state index contributed by atoms with van der Waals surface area (Å²) < 4.78 is 0. The predicted octanol–water partition coefficient (Wildman–Crippen LogP) is 2.89. The molecule has 0 aliphatic heterocycles. The van der Waals surface area contributed by atoms with Gasteiger partial charge in [-0.25, -0.2) is 4.98 Å². The standard InChI is InChI=1S/C11H11ClN4/c1-7-4-3-5-9(6-7)15-11-14-8(2)13-10(12)16-11/h3-6H,1-2H3,(H,13,14,15,16). The van der Waals surface area contributed by atoms with Crippen molar-refractivity contribution in [1.29, 1.82) is 0 Å². The molecule has 0 radical (unpaired) electrons. The molecule has 1 aromatic heterocycles. The van der Waals surface area contributed by atoms with Gasteiger partial charge in [-0.3, -0.25) is 0 Å². The van der Waals surface area contributed by atoms with Crippen LogP contribution in [0.1, 0.15) is 11.4 Å². The van der Waals surface area contributed by atoms with Crippen LogP contribution in [0.3, 0.4) is 0 Å². The number of rotatable bonds is 2. The van der Waals surface area contributed by atoms with Crippen LogP contribution in [0.25, 0.3) is 0 Å². The van der Waals surface area contributed by atoms with Crippen LogP contribution in [-0.2, 0) is 0 Å². The van der Waals surface area contributed by atoms with Crippen LogP contribution in [0.5, 0.6) is 0 Å². The van der Waals surface area contributed by atoms with Gasteiger partial charge in [0.1, 0.15) is 5.82 Å². The highest BCUT2D eigenvalue weighted by Crippen LogP contribution is 2.15. The Hall–Kier alpha value is -1.68. The first-order chi connectivity index (χ1) is 7.63. The fraction of sp³-hybridized carbons (Fsp3) is 0.182. The fourth-order valence-corrected chi connectivity index (χ4v) is 1.56. The number of hydrogen-bond donors (Lipinski definition) is 1. The lowest BCUT2D eigenvalue weighted by Crippen LogP contribution is -2.01. The van der Waals surface area contributed by atoms with Gasteiger partial charge < -0.3 is 5.32 Å². The zero-order chi connectivity index (χ0) is 11.5. The van der Waals surface area contributed by atoms with Gasteiger partial charge in [-0.2, -0.15) is 9.97 Å². The van der Waals surface area contributed by atoms with E-state index in [-0.39, 0.29) is 5.28 Å². The highest BCUT2D eigenvalue weighted by Gasteiger charge is 2.02. The van der Waals surface area contributed by atoms with E-state index in [4.69, 9.17) is 11.6 Å². The molecule has 0 saturated heterocycles. The molecule has 0 unspecified atom stereocenters. The number of anilines is 2. The zero-order valence-electron chi connectivity index (χ0n) is 9.03. The molecule has 0 amide bonds. The maximum atomic E-state index is 5.75. The van der Waals surface area contributed by atoms with Crippen molar-refractivity contribution in [2.45, 2.75) is 13.8 Å². The highest BCUT2D eigenvalue weighted by molar-refractivity contribution is 6.28. The maximum absolute atomic E-state index is 5.75. The predicted molar refractivity (Wildman–Crippen MR) is 64.0 cm³/mol. The largest absolute Gasteiger partial charge is 0.324 e. The third-order valence-electron chi connectivity index (χ3n) is 1.99. The van der Waals surface area contributed by atoms with Crippen LogP contribution in [-0.4, -0.2) is 15.0 Å². The maximum Gasteiger partial charge on any atom is 0.231 e. The first-order valence-electron chi connectivity index (χ1n) is 4.85. The normalized spacial score (nSPS) is 10.2. The van der Waals surface area contributed by atoms with Crippen molar-refractivity contribution in [2.24, 2.45) is 0 Å².